The first-order valence-electron chi connectivity index (χ1n) is 12.1. The van der Waals surface area contributed by atoms with Crippen molar-refractivity contribution in [3.63, 3.8) is 0 Å². The second kappa shape index (κ2) is 12.5. The zero-order valence-electron chi connectivity index (χ0n) is 21.6. The first kappa shape index (κ1) is 27.9. The molecule has 0 unspecified atom stereocenters. The van der Waals surface area contributed by atoms with Gasteiger partial charge in [0.2, 0.25) is 0 Å². The molecule has 2 aromatic carbocycles. The van der Waals surface area contributed by atoms with Crippen LogP contribution in [0, 0.1) is 18.3 Å². The van der Waals surface area contributed by atoms with E-state index in [0.29, 0.717) is 34.7 Å². The molecule has 198 valence electrons. The zero-order valence-corrected chi connectivity index (χ0v) is 21.6. The molecule has 3 aromatic rings. The van der Waals surface area contributed by atoms with E-state index in [9.17, 15) is 14.7 Å². The molecule has 38 heavy (non-hydrogen) atoms. The van der Waals surface area contributed by atoms with E-state index >= 15 is 0 Å². The molecule has 0 spiro atoms. The summed E-state index contributed by atoms with van der Waals surface area (Å²) in [5.74, 6) is 2.26. The zero-order chi connectivity index (χ0) is 27.8. The van der Waals surface area contributed by atoms with Crippen LogP contribution in [0.2, 0.25) is 0 Å². The van der Waals surface area contributed by atoms with Gasteiger partial charge in [-0.2, -0.15) is 0 Å². The lowest BCUT2D eigenvalue weighted by atomic mass is 10.0. The third-order valence-corrected chi connectivity index (χ3v) is 5.95. The topological polar surface area (TPSA) is 118 Å². The lowest BCUT2D eigenvalue weighted by Gasteiger charge is -2.08. The standard InChI is InChI=1S/C22H21NO6.C8H10O/c1-23-18-9-8-16(29-12-19(24)25)10-17(18)20(21(23)22(26)27)14-4-6-15(7-5-14)28-11-13-2-3-13;1-4-7(3)6-8(9)5-2/h4-10,13H,2-3,11-12H2,1H3,(H,24,25)(H,26,27);1,5-6,9H,2-3H3/b;7-6-,8-5+. The molecule has 3 N–H and O–H groups in total. The van der Waals surface area contributed by atoms with E-state index in [1.54, 1.807) is 55.8 Å². The number of nitrogens with zero attached hydrogens (tertiary/aromatic N) is 1. The SMILES string of the molecule is C#C/C(C)=C\C(O)=C/C.Cn1c(C(=O)O)c(-c2ccc(OCC3CC3)cc2)c2cc(OCC(=O)O)ccc21. The number of carboxylic acids is 2. The molecule has 0 radical (unpaired) electrons. The Bertz CT molecular complexity index is 1420. The fraction of sp³-hybridized carbons (Fsp3) is 0.267. The number of hydrogen-bond donors (Lipinski definition) is 3. The van der Waals surface area contributed by atoms with Crippen molar-refractivity contribution >= 4 is 22.8 Å². The van der Waals surface area contributed by atoms with Crippen LogP contribution in [0.5, 0.6) is 11.5 Å². The number of aryl methyl sites for hydroxylation is 1. The van der Waals surface area contributed by atoms with Crippen LogP contribution < -0.4 is 9.47 Å². The molecular weight excluding hydrogens is 486 g/mol. The Morgan fingerprint density at radius 1 is 1.08 bits per heavy atom. The summed E-state index contributed by atoms with van der Waals surface area (Å²) in [5.41, 5.74) is 2.90. The number of ether oxygens (including phenoxy) is 2. The van der Waals surface area contributed by atoms with Crippen molar-refractivity contribution in [3.8, 4) is 35.0 Å². The van der Waals surface area contributed by atoms with Crippen LogP contribution in [0.1, 0.15) is 37.2 Å². The van der Waals surface area contributed by atoms with Gasteiger partial charge in [-0.3, -0.25) is 0 Å². The van der Waals surface area contributed by atoms with E-state index in [1.807, 2.05) is 24.3 Å². The first-order valence-corrected chi connectivity index (χ1v) is 12.1. The summed E-state index contributed by atoms with van der Waals surface area (Å²) in [6, 6.07) is 12.4. The molecule has 1 saturated carbocycles. The Morgan fingerprint density at radius 3 is 2.29 bits per heavy atom. The van der Waals surface area contributed by atoms with Gasteiger partial charge in [-0.1, -0.05) is 18.1 Å². The summed E-state index contributed by atoms with van der Waals surface area (Å²) >= 11 is 0. The Morgan fingerprint density at radius 2 is 1.74 bits per heavy atom. The van der Waals surface area contributed by atoms with Gasteiger partial charge in [0.25, 0.3) is 0 Å². The normalized spacial score (nSPS) is 13.3. The monoisotopic (exact) mass is 517 g/mol. The number of aromatic carboxylic acids is 1. The van der Waals surface area contributed by atoms with Gasteiger partial charge in [0, 0.05) is 29.1 Å². The number of carbonyl (C=O) groups is 2. The quantitative estimate of drug-likeness (QED) is 0.186. The molecule has 1 aliphatic rings. The van der Waals surface area contributed by atoms with Crippen LogP contribution in [0.3, 0.4) is 0 Å². The molecule has 8 nitrogen and oxygen atoms in total. The third kappa shape index (κ3) is 7.20. The van der Waals surface area contributed by atoms with Crippen LogP contribution in [0.25, 0.3) is 22.0 Å². The van der Waals surface area contributed by atoms with E-state index in [0.717, 1.165) is 16.9 Å². The average Bonchev–Trinajstić information content (AvgIpc) is 3.69. The maximum atomic E-state index is 12.0. The van der Waals surface area contributed by atoms with Crippen LogP contribution in [-0.2, 0) is 11.8 Å². The van der Waals surface area contributed by atoms with Crippen LogP contribution in [0.4, 0.5) is 0 Å². The fourth-order valence-corrected chi connectivity index (χ4v) is 3.76. The molecule has 8 heteroatoms. The molecule has 0 amide bonds. The van der Waals surface area contributed by atoms with Crippen molar-refractivity contribution in [1.29, 1.82) is 0 Å². The lowest BCUT2D eigenvalue weighted by molar-refractivity contribution is -0.139. The Kier molecular flexibility index (Phi) is 9.23. The smallest absolute Gasteiger partial charge is 0.353 e. The molecule has 1 aromatic heterocycles. The highest BCUT2D eigenvalue weighted by Gasteiger charge is 2.23. The van der Waals surface area contributed by atoms with E-state index in [-0.39, 0.29) is 11.5 Å². The van der Waals surface area contributed by atoms with Gasteiger partial charge in [0.15, 0.2) is 6.61 Å². The largest absolute Gasteiger partial charge is 0.508 e. The maximum Gasteiger partial charge on any atom is 0.353 e. The van der Waals surface area contributed by atoms with Gasteiger partial charge < -0.3 is 29.4 Å². The highest BCUT2D eigenvalue weighted by molar-refractivity contribution is 6.08. The van der Waals surface area contributed by atoms with Crippen LogP contribution in [-0.4, -0.2) is 45.0 Å². The van der Waals surface area contributed by atoms with Crippen molar-refractivity contribution < 1.29 is 34.4 Å². The Balaban J connectivity index is 0.000000383. The number of rotatable bonds is 9. The number of aliphatic carboxylic acids is 1. The van der Waals surface area contributed by atoms with Gasteiger partial charge in [-0.05, 0) is 80.7 Å². The van der Waals surface area contributed by atoms with Crippen molar-refractivity contribution in [2.45, 2.75) is 26.7 Å². The molecule has 1 heterocycles. The fourth-order valence-electron chi connectivity index (χ4n) is 3.76. The minimum Gasteiger partial charge on any atom is -0.508 e. The Hall–Kier alpha value is -4.64. The van der Waals surface area contributed by atoms with E-state index in [2.05, 4.69) is 5.92 Å². The first-order chi connectivity index (χ1) is 18.1. The Labute approximate surface area is 221 Å². The van der Waals surface area contributed by atoms with Gasteiger partial charge in [0.05, 0.1) is 6.61 Å². The molecular formula is C30H31NO7. The number of fused-ring (bicyclic) bond motifs is 1. The second-order valence-corrected chi connectivity index (χ2v) is 8.91. The van der Waals surface area contributed by atoms with E-state index in [1.165, 1.54) is 12.8 Å². The van der Waals surface area contributed by atoms with Gasteiger partial charge in [-0.25, -0.2) is 9.59 Å². The highest BCUT2D eigenvalue weighted by Crippen LogP contribution is 2.37. The number of aliphatic hydroxyl groups excluding tert-OH is 1. The van der Waals surface area contributed by atoms with Crippen LogP contribution >= 0.6 is 0 Å². The number of carboxylic acid groups (broad SMARTS) is 2. The van der Waals surface area contributed by atoms with Crippen molar-refractivity contribution in [2.75, 3.05) is 13.2 Å². The van der Waals surface area contributed by atoms with Gasteiger partial charge in [0.1, 0.15) is 23.0 Å². The van der Waals surface area contributed by atoms with Crippen molar-refractivity contribution in [2.24, 2.45) is 13.0 Å². The van der Waals surface area contributed by atoms with Crippen LogP contribution in [0.15, 0.2) is 65.9 Å². The van der Waals surface area contributed by atoms with Crippen molar-refractivity contribution in [1.82, 2.24) is 4.57 Å². The molecule has 1 aliphatic carbocycles. The molecule has 1 fully saturated rings. The summed E-state index contributed by atoms with van der Waals surface area (Å²) in [6.07, 6.45) is 10.6. The number of hydrogen-bond acceptors (Lipinski definition) is 5. The summed E-state index contributed by atoms with van der Waals surface area (Å²) < 4.78 is 12.7. The summed E-state index contributed by atoms with van der Waals surface area (Å²) in [6.45, 7) is 3.75. The van der Waals surface area contributed by atoms with E-state index in [4.69, 9.17) is 26.1 Å². The molecule has 0 bridgehead atoms. The predicted molar refractivity (Wildman–Crippen MR) is 146 cm³/mol. The maximum absolute atomic E-state index is 12.0. The van der Waals surface area contributed by atoms with Crippen molar-refractivity contribution in [3.05, 3.63) is 71.6 Å². The minimum absolute atomic E-state index is 0.155. The number of allylic oxidation sites excluding steroid dienone is 3. The van der Waals surface area contributed by atoms with E-state index < -0.39 is 18.5 Å². The lowest BCUT2D eigenvalue weighted by Crippen LogP contribution is -2.09. The summed E-state index contributed by atoms with van der Waals surface area (Å²) in [5, 5.41) is 28.2. The van der Waals surface area contributed by atoms with Gasteiger partial charge in [-0.15, -0.1) is 6.42 Å². The number of benzene rings is 2. The molecule has 0 atom stereocenters. The average molecular weight is 518 g/mol. The number of aliphatic hydroxyl groups is 1. The molecule has 4 rings (SSSR count). The number of terminal acetylenes is 1. The summed E-state index contributed by atoms with van der Waals surface area (Å²) in [7, 11) is 1.69. The second-order valence-electron chi connectivity index (χ2n) is 8.91. The number of aromatic nitrogens is 1. The summed E-state index contributed by atoms with van der Waals surface area (Å²) in [4.78, 5) is 22.8. The highest BCUT2D eigenvalue weighted by atomic mass is 16.5. The minimum atomic E-state index is -1.08. The molecule has 0 aliphatic heterocycles. The predicted octanol–water partition coefficient (Wildman–Crippen LogP) is 5.82. The third-order valence-electron chi connectivity index (χ3n) is 5.95. The van der Waals surface area contributed by atoms with Gasteiger partial charge >= 0.3 is 11.9 Å². The molecule has 0 saturated heterocycles.